The van der Waals surface area contributed by atoms with E-state index in [2.05, 4.69) is 9.47 Å². The Bertz CT molecular complexity index is 880. The van der Waals surface area contributed by atoms with E-state index in [0.717, 1.165) is 13.2 Å². The molecule has 8 heteroatoms. The van der Waals surface area contributed by atoms with Gasteiger partial charge in [-0.25, -0.2) is 14.0 Å². The van der Waals surface area contributed by atoms with Gasteiger partial charge in [0.1, 0.15) is 17.4 Å². The van der Waals surface area contributed by atoms with E-state index in [-0.39, 0.29) is 28.1 Å². The molecular weight excluding hydrogens is 317 g/mol. The number of halogens is 1. The topological polar surface area (TPSA) is 107 Å². The smallest absolute Gasteiger partial charge is 0.357 e. The van der Waals surface area contributed by atoms with Gasteiger partial charge in [0.15, 0.2) is 5.69 Å². The van der Waals surface area contributed by atoms with E-state index in [9.17, 15) is 14.0 Å². The van der Waals surface area contributed by atoms with Crippen LogP contribution >= 0.6 is 0 Å². The van der Waals surface area contributed by atoms with Crippen molar-refractivity contribution in [3.63, 3.8) is 0 Å². The molecule has 0 unspecified atom stereocenters. The molecule has 0 saturated heterocycles. The van der Waals surface area contributed by atoms with Crippen LogP contribution in [0.2, 0.25) is 0 Å². The Kier molecular flexibility index (Phi) is 4.55. The molecule has 124 valence electrons. The predicted octanol–water partition coefficient (Wildman–Crippen LogP) is 1.95. The number of nitrogens with two attached hydrogens (primary N) is 1. The lowest BCUT2D eigenvalue weighted by Crippen LogP contribution is -2.14. The number of methoxy groups -OCH3 is 2. The summed E-state index contributed by atoms with van der Waals surface area (Å²) in [5.41, 5.74) is 5.99. The lowest BCUT2D eigenvalue weighted by Gasteiger charge is -2.14. The second-order valence-electron chi connectivity index (χ2n) is 4.84. The van der Waals surface area contributed by atoms with E-state index in [0.29, 0.717) is 5.69 Å². The van der Waals surface area contributed by atoms with E-state index in [4.69, 9.17) is 11.0 Å². The van der Waals surface area contributed by atoms with Crippen molar-refractivity contribution in [2.24, 2.45) is 0 Å². The molecule has 0 aliphatic heterocycles. The summed E-state index contributed by atoms with van der Waals surface area (Å²) in [5, 5.41) is 9.12. The minimum Gasteiger partial charge on any atom is -0.465 e. The molecule has 0 amide bonds. The Morgan fingerprint density at radius 3 is 2.42 bits per heavy atom. The van der Waals surface area contributed by atoms with Crippen molar-refractivity contribution < 1.29 is 23.5 Å². The van der Waals surface area contributed by atoms with Gasteiger partial charge in [-0.3, -0.25) is 0 Å². The fourth-order valence-electron chi connectivity index (χ4n) is 2.39. The summed E-state index contributed by atoms with van der Waals surface area (Å²) in [5.74, 6) is -2.38. The lowest BCUT2D eigenvalue weighted by atomic mass is 10.1. The van der Waals surface area contributed by atoms with E-state index >= 15 is 0 Å². The molecule has 1 aromatic carbocycles. The van der Waals surface area contributed by atoms with Crippen LogP contribution < -0.4 is 5.73 Å². The van der Waals surface area contributed by atoms with E-state index in [1.807, 2.05) is 6.07 Å². The number of hydrogen-bond acceptors (Lipinski definition) is 6. The van der Waals surface area contributed by atoms with Gasteiger partial charge in [-0.1, -0.05) is 0 Å². The van der Waals surface area contributed by atoms with Crippen LogP contribution in [0.3, 0.4) is 0 Å². The number of benzene rings is 1. The molecule has 0 saturated carbocycles. The molecule has 1 heterocycles. The van der Waals surface area contributed by atoms with Gasteiger partial charge in [-0.15, -0.1) is 0 Å². The molecule has 0 bridgehead atoms. The molecule has 0 aliphatic rings. The molecule has 2 N–H and O–H groups in total. The highest BCUT2D eigenvalue weighted by atomic mass is 19.1. The number of anilines is 1. The molecular formula is C16H14FN3O4. The first-order chi connectivity index (χ1) is 11.4. The van der Waals surface area contributed by atoms with E-state index < -0.39 is 17.8 Å². The van der Waals surface area contributed by atoms with Gasteiger partial charge in [-0.05, 0) is 24.6 Å². The normalized spacial score (nSPS) is 10.1. The van der Waals surface area contributed by atoms with Crippen LogP contribution in [-0.2, 0) is 9.47 Å². The van der Waals surface area contributed by atoms with Crippen molar-refractivity contribution in [3.05, 3.63) is 46.5 Å². The molecule has 0 radical (unpaired) electrons. The third kappa shape index (κ3) is 2.56. The summed E-state index contributed by atoms with van der Waals surface area (Å²) in [6, 6.07) is 4.30. The third-order valence-corrected chi connectivity index (χ3v) is 3.58. The fourth-order valence-corrected chi connectivity index (χ4v) is 2.39. The zero-order valence-electron chi connectivity index (χ0n) is 13.2. The summed E-state index contributed by atoms with van der Waals surface area (Å²) >= 11 is 0. The van der Waals surface area contributed by atoms with Crippen LogP contribution in [0.15, 0.2) is 18.3 Å². The summed E-state index contributed by atoms with van der Waals surface area (Å²) in [7, 11) is 2.30. The van der Waals surface area contributed by atoms with Gasteiger partial charge < -0.3 is 19.8 Å². The maximum absolute atomic E-state index is 14.0. The Hall–Kier alpha value is -3.34. The van der Waals surface area contributed by atoms with Crippen LogP contribution in [0.1, 0.15) is 32.0 Å². The van der Waals surface area contributed by atoms with Crippen LogP contribution in [0.25, 0.3) is 5.69 Å². The number of nitrogen functional groups attached to an aromatic ring is 1. The van der Waals surface area contributed by atoms with Crippen molar-refractivity contribution >= 4 is 17.6 Å². The number of nitrogens with zero attached hydrogens (tertiary/aromatic N) is 2. The van der Waals surface area contributed by atoms with Crippen LogP contribution in [-0.4, -0.2) is 30.7 Å². The molecule has 0 aliphatic carbocycles. The van der Waals surface area contributed by atoms with Crippen molar-refractivity contribution in [2.75, 3.05) is 20.0 Å². The minimum absolute atomic E-state index is 0.0544. The summed E-state index contributed by atoms with van der Waals surface area (Å²) in [6.07, 6.45) is 1.32. The van der Waals surface area contributed by atoms with Gasteiger partial charge in [0, 0.05) is 11.9 Å². The van der Waals surface area contributed by atoms with Gasteiger partial charge >= 0.3 is 11.9 Å². The molecule has 1 aromatic heterocycles. The Morgan fingerprint density at radius 2 is 1.88 bits per heavy atom. The van der Waals surface area contributed by atoms with Crippen molar-refractivity contribution in [1.29, 1.82) is 5.26 Å². The second kappa shape index (κ2) is 6.42. The van der Waals surface area contributed by atoms with Crippen molar-refractivity contribution in [2.45, 2.75) is 6.92 Å². The Balaban J connectivity index is 2.81. The second-order valence-corrected chi connectivity index (χ2v) is 4.84. The summed E-state index contributed by atoms with van der Waals surface area (Å²) < 4.78 is 24.5. The number of aromatic nitrogens is 1. The molecule has 2 aromatic rings. The van der Waals surface area contributed by atoms with Gasteiger partial charge in [0.05, 0.1) is 25.5 Å². The van der Waals surface area contributed by atoms with Crippen LogP contribution in [0.4, 0.5) is 10.1 Å². The number of rotatable bonds is 3. The van der Waals surface area contributed by atoms with Crippen LogP contribution in [0, 0.1) is 24.1 Å². The van der Waals surface area contributed by atoms with Crippen molar-refractivity contribution in [1.82, 2.24) is 4.57 Å². The third-order valence-electron chi connectivity index (χ3n) is 3.58. The minimum atomic E-state index is -0.855. The highest BCUT2D eigenvalue weighted by Crippen LogP contribution is 2.28. The van der Waals surface area contributed by atoms with E-state index in [1.54, 1.807) is 0 Å². The van der Waals surface area contributed by atoms with Gasteiger partial charge in [0.2, 0.25) is 0 Å². The monoisotopic (exact) mass is 331 g/mol. The Morgan fingerprint density at radius 1 is 1.25 bits per heavy atom. The fraction of sp³-hybridized carbons (Fsp3) is 0.188. The molecule has 24 heavy (non-hydrogen) atoms. The SMILES string of the molecule is COC(=O)c1c(F)ccc(-n2cc(C#N)c(N)c2C(=O)OC)c1C. The average Bonchev–Trinajstić information content (AvgIpc) is 2.90. The molecule has 7 nitrogen and oxygen atoms in total. The molecule has 2 rings (SSSR count). The first-order valence-electron chi connectivity index (χ1n) is 6.74. The molecule has 0 atom stereocenters. The highest BCUT2D eigenvalue weighted by molar-refractivity contribution is 5.97. The zero-order chi connectivity index (χ0) is 18.0. The maximum atomic E-state index is 14.0. The number of esters is 2. The standard InChI is InChI=1S/C16H14FN3O4/c1-8-11(5-4-10(17)12(8)15(21)23-2)20-7-9(6-18)13(19)14(20)16(22)24-3/h4-5,7H,19H2,1-3H3. The largest absolute Gasteiger partial charge is 0.465 e. The molecule has 0 fully saturated rings. The number of nitriles is 1. The van der Waals surface area contributed by atoms with Crippen LogP contribution in [0.5, 0.6) is 0 Å². The number of carbonyl (C=O) groups excluding carboxylic acids is 2. The van der Waals surface area contributed by atoms with Gasteiger partial charge in [0.25, 0.3) is 0 Å². The average molecular weight is 331 g/mol. The molecule has 0 spiro atoms. The first-order valence-corrected chi connectivity index (χ1v) is 6.74. The van der Waals surface area contributed by atoms with E-state index in [1.165, 1.54) is 30.9 Å². The van der Waals surface area contributed by atoms with Gasteiger partial charge in [-0.2, -0.15) is 5.26 Å². The lowest BCUT2D eigenvalue weighted by molar-refractivity contribution is 0.0586. The zero-order valence-corrected chi connectivity index (χ0v) is 13.2. The van der Waals surface area contributed by atoms with Crippen molar-refractivity contribution in [3.8, 4) is 11.8 Å². The number of carbonyl (C=O) groups is 2. The summed E-state index contributed by atoms with van der Waals surface area (Å²) in [6.45, 7) is 1.49. The maximum Gasteiger partial charge on any atom is 0.357 e. The Labute approximate surface area is 137 Å². The number of hydrogen-bond donors (Lipinski definition) is 1. The summed E-state index contributed by atoms with van der Waals surface area (Å²) in [4.78, 5) is 23.8. The quantitative estimate of drug-likeness (QED) is 0.861. The first kappa shape index (κ1) is 17.0. The number of ether oxygens (including phenoxy) is 2. The predicted molar refractivity (Wildman–Crippen MR) is 82.3 cm³/mol. The highest BCUT2D eigenvalue weighted by Gasteiger charge is 2.25.